The number of rotatable bonds is 7. The largest absolute Gasteiger partial charge is 0.462 e. The zero-order chi connectivity index (χ0) is 23.8. The third-order valence-corrected chi connectivity index (χ3v) is 5.48. The molecule has 0 saturated carbocycles. The van der Waals surface area contributed by atoms with Crippen LogP contribution in [0, 0.1) is 17.1 Å². The number of carbonyl (C=O) groups excluding carboxylic acids is 2. The Kier molecular flexibility index (Phi) is 8.11. The van der Waals surface area contributed by atoms with E-state index in [0.717, 1.165) is 10.0 Å². The Balaban J connectivity index is 1.72. The van der Waals surface area contributed by atoms with Crippen LogP contribution in [0.1, 0.15) is 34.0 Å². The van der Waals surface area contributed by atoms with E-state index >= 15 is 0 Å². The second-order valence-electron chi connectivity index (χ2n) is 7.04. The monoisotopic (exact) mass is 506 g/mol. The normalized spacial score (nSPS) is 10.9. The van der Waals surface area contributed by atoms with Crippen LogP contribution < -0.4 is 5.32 Å². The number of nitrogens with one attached hydrogen (secondary N) is 1. The van der Waals surface area contributed by atoms with E-state index in [2.05, 4.69) is 21.2 Å². The van der Waals surface area contributed by atoms with E-state index in [1.54, 1.807) is 49.4 Å². The second-order valence-corrected chi connectivity index (χ2v) is 7.90. The van der Waals surface area contributed by atoms with Crippen molar-refractivity contribution in [1.82, 2.24) is 0 Å². The van der Waals surface area contributed by atoms with Gasteiger partial charge in [0.15, 0.2) is 0 Å². The second kappa shape index (κ2) is 11.2. The highest BCUT2D eigenvalue weighted by atomic mass is 79.9. The van der Waals surface area contributed by atoms with Crippen molar-refractivity contribution in [2.24, 2.45) is 0 Å². The molecule has 0 aliphatic rings. The number of nitriles is 1. The molecule has 7 heteroatoms. The highest BCUT2D eigenvalue weighted by Crippen LogP contribution is 2.24. The van der Waals surface area contributed by atoms with Gasteiger partial charge in [0.25, 0.3) is 5.91 Å². The molecular weight excluding hydrogens is 487 g/mol. The molecular formula is C26H20BrFN2O3. The number of ether oxygens (including phenoxy) is 1. The molecule has 0 aliphatic carbocycles. The molecule has 33 heavy (non-hydrogen) atoms. The SMILES string of the molecule is CCOC(=O)c1ccc(NC(=O)/C(C#N)=C/c2ccc(Cc3ccccc3F)c(Br)c2)cc1. The summed E-state index contributed by atoms with van der Waals surface area (Å²) < 4.78 is 19.6. The molecule has 1 N–H and O–H groups in total. The lowest BCUT2D eigenvalue weighted by Crippen LogP contribution is -2.13. The Morgan fingerprint density at radius 3 is 2.45 bits per heavy atom. The van der Waals surface area contributed by atoms with Crippen LogP contribution in [0.2, 0.25) is 0 Å². The van der Waals surface area contributed by atoms with Crippen LogP contribution in [-0.4, -0.2) is 18.5 Å². The smallest absolute Gasteiger partial charge is 0.338 e. The van der Waals surface area contributed by atoms with E-state index in [4.69, 9.17) is 4.74 Å². The van der Waals surface area contributed by atoms with Crippen molar-refractivity contribution in [2.75, 3.05) is 11.9 Å². The molecule has 0 fully saturated rings. The Labute approximate surface area is 199 Å². The van der Waals surface area contributed by atoms with Crippen LogP contribution in [-0.2, 0) is 16.0 Å². The van der Waals surface area contributed by atoms with Gasteiger partial charge in [-0.3, -0.25) is 4.79 Å². The summed E-state index contributed by atoms with van der Waals surface area (Å²) in [5, 5.41) is 12.1. The molecule has 3 rings (SSSR count). The van der Waals surface area contributed by atoms with Gasteiger partial charge in [0, 0.05) is 16.6 Å². The number of carbonyl (C=O) groups is 2. The number of hydrogen-bond acceptors (Lipinski definition) is 4. The summed E-state index contributed by atoms with van der Waals surface area (Å²) in [7, 11) is 0. The molecule has 1 amide bonds. The van der Waals surface area contributed by atoms with E-state index in [1.165, 1.54) is 24.3 Å². The summed E-state index contributed by atoms with van der Waals surface area (Å²) >= 11 is 3.49. The maximum absolute atomic E-state index is 13.9. The topological polar surface area (TPSA) is 79.2 Å². The minimum Gasteiger partial charge on any atom is -0.462 e. The number of anilines is 1. The van der Waals surface area contributed by atoms with Gasteiger partial charge in [0.05, 0.1) is 12.2 Å². The fourth-order valence-corrected chi connectivity index (χ4v) is 3.60. The van der Waals surface area contributed by atoms with Gasteiger partial charge < -0.3 is 10.1 Å². The predicted octanol–water partition coefficient (Wildman–Crippen LogP) is 5.90. The minimum atomic E-state index is -0.576. The Morgan fingerprint density at radius 1 is 1.09 bits per heavy atom. The minimum absolute atomic E-state index is 0.0850. The maximum Gasteiger partial charge on any atom is 0.338 e. The molecule has 0 saturated heterocycles. The number of halogens is 2. The zero-order valence-electron chi connectivity index (χ0n) is 17.8. The molecule has 0 aromatic heterocycles. The van der Waals surface area contributed by atoms with Crippen LogP contribution in [0.4, 0.5) is 10.1 Å². The number of amides is 1. The predicted molar refractivity (Wildman–Crippen MR) is 128 cm³/mol. The molecule has 0 unspecified atom stereocenters. The highest BCUT2D eigenvalue weighted by molar-refractivity contribution is 9.10. The fourth-order valence-electron chi connectivity index (χ4n) is 3.06. The van der Waals surface area contributed by atoms with Gasteiger partial charge in [-0.2, -0.15) is 5.26 Å². The number of benzene rings is 3. The van der Waals surface area contributed by atoms with Gasteiger partial charge in [-0.05, 0) is 66.1 Å². The standard InChI is InChI=1S/C26H20BrFN2O3/c1-2-33-26(32)18-9-11-22(12-10-18)30-25(31)21(16-29)13-17-7-8-19(23(27)14-17)15-20-5-3-4-6-24(20)28/h3-14H,2,15H2,1H3,(H,30,31)/b21-13+. The summed E-state index contributed by atoms with van der Waals surface area (Å²) in [6, 6.07) is 20.0. The molecule has 0 bridgehead atoms. The number of hydrogen-bond donors (Lipinski definition) is 1. The van der Waals surface area contributed by atoms with Crippen LogP contribution in [0.25, 0.3) is 6.08 Å². The van der Waals surface area contributed by atoms with Crippen molar-refractivity contribution in [3.8, 4) is 6.07 Å². The number of nitrogens with zero attached hydrogens (tertiary/aromatic N) is 1. The first kappa shape index (κ1) is 23.9. The Morgan fingerprint density at radius 2 is 1.82 bits per heavy atom. The lowest BCUT2D eigenvalue weighted by atomic mass is 10.0. The Hall–Kier alpha value is -3.76. The third kappa shape index (κ3) is 6.37. The van der Waals surface area contributed by atoms with E-state index in [9.17, 15) is 19.2 Å². The molecule has 166 valence electrons. The fraction of sp³-hybridized carbons (Fsp3) is 0.115. The summed E-state index contributed by atoms with van der Waals surface area (Å²) in [6.45, 7) is 1.99. The van der Waals surface area contributed by atoms with Gasteiger partial charge in [-0.25, -0.2) is 9.18 Å². The molecule has 5 nitrogen and oxygen atoms in total. The summed E-state index contributed by atoms with van der Waals surface area (Å²) in [5.74, 6) is -1.29. The molecule has 3 aromatic carbocycles. The van der Waals surface area contributed by atoms with Gasteiger partial charge in [-0.1, -0.05) is 46.3 Å². The van der Waals surface area contributed by atoms with E-state index in [-0.39, 0.29) is 18.0 Å². The van der Waals surface area contributed by atoms with Crippen molar-refractivity contribution in [3.05, 3.63) is 105 Å². The summed E-state index contributed by atoms with van der Waals surface area (Å²) in [5.41, 5.74) is 2.82. The summed E-state index contributed by atoms with van der Waals surface area (Å²) in [4.78, 5) is 24.3. The van der Waals surface area contributed by atoms with Crippen molar-refractivity contribution in [3.63, 3.8) is 0 Å². The van der Waals surface area contributed by atoms with E-state index < -0.39 is 11.9 Å². The zero-order valence-corrected chi connectivity index (χ0v) is 19.4. The molecule has 0 atom stereocenters. The molecule has 0 spiro atoms. The first-order valence-electron chi connectivity index (χ1n) is 10.1. The quantitative estimate of drug-likeness (QED) is 0.245. The first-order chi connectivity index (χ1) is 15.9. The average molecular weight is 507 g/mol. The van der Waals surface area contributed by atoms with E-state index in [0.29, 0.717) is 28.8 Å². The highest BCUT2D eigenvalue weighted by Gasteiger charge is 2.12. The lowest BCUT2D eigenvalue weighted by molar-refractivity contribution is -0.112. The Bertz CT molecular complexity index is 1250. The molecule has 0 heterocycles. The van der Waals surface area contributed by atoms with Crippen LogP contribution in [0.15, 0.2) is 76.8 Å². The van der Waals surface area contributed by atoms with Gasteiger partial charge in [0.1, 0.15) is 17.5 Å². The lowest BCUT2D eigenvalue weighted by Gasteiger charge is -2.08. The van der Waals surface area contributed by atoms with Crippen molar-refractivity contribution in [2.45, 2.75) is 13.3 Å². The molecule has 3 aromatic rings. The van der Waals surface area contributed by atoms with Crippen LogP contribution in [0.5, 0.6) is 0 Å². The number of esters is 1. The van der Waals surface area contributed by atoms with Gasteiger partial charge in [0.2, 0.25) is 0 Å². The van der Waals surface area contributed by atoms with Gasteiger partial charge >= 0.3 is 5.97 Å². The average Bonchev–Trinajstić information content (AvgIpc) is 2.81. The summed E-state index contributed by atoms with van der Waals surface area (Å²) in [6.07, 6.45) is 1.88. The third-order valence-electron chi connectivity index (χ3n) is 4.75. The van der Waals surface area contributed by atoms with Crippen molar-refractivity contribution < 1.29 is 18.7 Å². The first-order valence-corrected chi connectivity index (χ1v) is 10.9. The molecule has 0 aliphatic heterocycles. The van der Waals surface area contributed by atoms with Crippen molar-refractivity contribution in [1.29, 1.82) is 5.26 Å². The van der Waals surface area contributed by atoms with E-state index in [1.807, 2.05) is 12.1 Å². The van der Waals surface area contributed by atoms with Gasteiger partial charge in [-0.15, -0.1) is 0 Å². The van der Waals surface area contributed by atoms with Crippen molar-refractivity contribution >= 4 is 39.6 Å². The maximum atomic E-state index is 13.9. The van der Waals surface area contributed by atoms with Crippen LogP contribution in [0.3, 0.4) is 0 Å². The van der Waals surface area contributed by atoms with Crippen LogP contribution >= 0.6 is 15.9 Å². The molecule has 0 radical (unpaired) electrons.